The molecule has 1 aromatic carbocycles. The summed E-state index contributed by atoms with van der Waals surface area (Å²) in [6.07, 6.45) is 3.13. The molecule has 0 spiro atoms. The van der Waals surface area contributed by atoms with E-state index >= 15 is 0 Å². The van der Waals surface area contributed by atoms with E-state index in [1.807, 2.05) is 25.1 Å². The first-order chi connectivity index (χ1) is 13.0. The van der Waals surface area contributed by atoms with E-state index in [1.54, 1.807) is 6.07 Å². The van der Waals surface area contributed by atoms with Crippen molar-refractivity contribution >= 4 is 28.5 Å². The van der Waals surface area contributed by atoms with Crippen LogP contribution in [0.3, 0.4) is 0 Å². The highest BCUT2D eigenvalue weighted by Gasteiger charge is 2.28. The molecule has 3 aromatic rings. The lowest BCUT2D eigenvalue weighted by atomic mass is 10.1. The molecule has 0 radical (unpaired) electrons. The Morgan fingerprint density at radius 3 is 2.78 bits per heavy atom. The van der Waals surface area contributed by atoms with Crippen LogP contribution >= 0.6 is 11.6 Å². The van der Waals surface area contributed by atoms with Gasteiger partial charge in [0.2, 0.25) is 0 Å². The third-order valence-corrected chi connectivity index (χ3v) is 5.02. The fraction of sp³-hybridized carbons (Fsp3) is 0.263. The molecule has 1 aliphatic carbocycles. The molecule has 2 heterocycles. The van der Waals surface area contributed by atoms with E-state index in [0.717, 1.165) is 18.4 Å². The smallest absolute Gasteiger partial charge is 0.330 e. The molecule has 1 amide bonds. The van der Waals surface area contributed by atoms with Crippen molar-refractivity contribution in [2.24, 2.45) is 0 Å². The SMILES string of the molecule is CC(NC(=O)c1cnc2c(c1)c(=O)[nH]c(=O)n2C1CC1)c1ccccc1Cl. The topological polar surface area (TPSA) is 96.8 Å². The Labute approximate surface area is 159 Å². The predicted octanol–water partition coefficient (Wildman–Crippen LogP) is 2.56. The van der Waals surface area contributed by atoms with Gasteiger partial charge in [-0.1, -0.05) is 29.8 Å². The molecule has 1 fully saturated rings. The van der Waals surface area contributed by atoms with Crippen molar-refractivity contribution in [2.45, 2.75) is 31.8 Å². The van der Waals surface area contributed by atoms with Crippen LogP contribution in [0.2, 0.25) is 5.02 Å². The summed E-state index contributed by atoms with van der Waals surface area (Å²) in [6.45, 7) is 1.82. The minimum absolute atomic E-state index is 0.0595. The number of carbonyl (C=O) groups is 1. The van der Waals surface area contributed by atoms with Gasteiger partial charge in [-0.2, -0.15) is 0 Å². The molecular formula is C19H17ClN4O3. The fourth-order valence-electron chi connectivity index (χ4n) is 3.12. The number of hydrogen-bond donors (Lipinski definition) is 2. The van der Waals surface area contributed by atoms with E-state index in [-0.39, 0.29) is 28.9 Å². The van der Waals surface area contributed by atoms with E-state index in [4.69, 9.17) is 11.6 Å². The molecule has 2 N–H and O–H groups in total. The van der Waals surface area contributed by atoms with Crippen LogP contribution in [0.1, 0.15) is 47.8 Å². The number of amides is 1. The molecule has 4 rings (SSSR count). The summed E-state index contributed by atoms with van der Waals surface area (Å²) in [5, 5.41) is 3.64. The zero-order valence-electron chi connectivity index (χ0n) is 14.5. The highest BCUT2D eigenvalue weighted by molar-refractivity contribution is 6.31. The maximum atomic E-state index is 12.6. The summed E-state index contributed by atoms with van der Waals surface area (Å²) in [6, 6.07) is 8.47. The summed E-state index contributed by atoms with van der Waals surface area (Å²) >= 11 is 6.17. The molecule has 1 unspecified atom stereocenters. The number of aromatic nitrogens is 3. The minimum Gasteiger partial charge on any atom is -0.345 e. The number of nitrogens with one attached hydrogen (secondary N) is 2. The highest BCUT2D eigenvalue weighted by Crippen LogP contribution is 2.34. The van der Waals surface area contributed by atoms with Gasteiger partial charge in [-0.25, -0.2) is 9.78 Å². The lowest BCUT2D eigenvalue weighted by molar-refractivity contribution is 0.0939. The van der Waals surface area contributed by atoms with Crippen LogP contribution in [0, 0.1) is 0 Å². The number of hydrogen-bond acceptors (Lipinski definition) is 4. The van der Waals surface area contributed by atoms with Gasteiger partial charge in [0.1, 0.15) is 5.65 Å². The molecule has 1 atom stereocenters. The van der Waals surface area contributed by atoms with Crippen LogP contribution in [0.5, 0.6) is 0 Å². The van der Waals surface area contributed by atoms with E-state index in [9.17, 15) is 14.4 Å². The summed E-state index contributed by atoms with van der Waals surface area (Å²) in [5.41, 5.74) is 0.330. The van der Waals surface area contributed by atoms with Crippen LogP contribution in [-0.2, 0) is 0 Å². The van der Waals surface area contributed by atoms with Crippen molar-refractivity contribution in [2.75, 3.05) is 0 Å². The Morgan fingerprint density at radius 1 is 1.33 bits per heavy atom. The second-order valence-corrected chi connectivity index (χ2v) is 7.08. The maximum absolute atomic E-state index is 12.6. The number of carbonyl (C=O) groups excluding carboxylic acids is 1. The summed E-state index contributed by atoms with van der Waals surface area (Å²) in [4.78, 5) is 43.4. The van der Waals surface area contributed by atoms with Crippen molar-refractivity contribution < 1.29 is 4.79 Å². The number of fused-ring (bicyclic) bond motifs is 1. The molecular weight excluding hydrogens is 368 g/mol. The number of nitrogens with zero attached hydrogens (tertiary/aromatic N) is 2. The average molecular weight is 385 g/mol. The molecule has 1 aliphatic rings. The van der Waals surface area contributed by atoms with E-state index in [2.05, 4.69) is 15.3 Å². The monoisotopic (exact) mass is 384 g/mol. The molecule has 138 valence electrons. The Bertz CT molecular complexity index is 1160. The first-order valence-electron chi connectivity index (χ1n) is 8.65. The molecule has 8 heteroatoms. The Hall–Kier alpha value is -2.93. The molecule has 0 saturated heterocycles. The number of pyridine rings is 1. The van der Waals surface area contributed by atoms with Gasteiger partial charge in [-0.15, -0.1) is 0 Å². The van der Waals surface area contributed by atoms with Gasteiger partial charge in [0, 0.05) is 17.3 Å². The maximum Gasteiger partial charge on any atom is 0.330 e. The molecule has 7 nitrogen and oxygen atoms in total. The highest BCUT2D eigenvalue weighted by atomic mass is 35.5. The van der Waals surface area contributed by atoms with Crippen LogP contribution in [-0.4, -0.2) is 20.4 Å². The quantitative estimate of drug-likeness (QED) is 0.722. The molecule has 2 aromatic heterocycles. The summed E-state index contributed by atoms with van der Waals surface area (Å²) in [5.74, 6) is -0.375. The van der Waals surface area contributed by atoms with Gasteiger partial charge in [0.25, 0.3) is 11.5 Å². The molecule has 0 aliphatic heterocycles. The van der Waals surface area contributed by atoms with Crippen molar-refractivity contribution in [3.63, 3.8) is 0 Å². The van der Waals surface area contributed by atoms with Crippen molar-refractivity contribution in [1.29, 1.82) is 0 Å². The first kappa shape index (κ1) is 17.5. The van der Waals surface area contributed by atoms with Crippen LogP contribution in [0.4, 0.5) is 0 Å². The van der Waals surface area contributed by atoms with Crippen LogP contribution in [0.25, 0.3) is 11.0 Å². The lowest BCUT2D eigenvalue weighted by Crippen LogP contribution is -2.31. The predicted molar refractivity (Wildman–Crippen MR) is 102 cm³/mol. The normalized spacial score (nSPS) is 14.9. The number of benzene rings is 1. The summed E-state index contributed by atoms with van der Waals surface area (Å²) in [7, 11) is 0. The van der Waals surface area contributed by atoms with E-state index < -0.39 is 11.2 Å². The van der Waals surface area contributed by atoms with Crippen molar-refractivity contribution in [1.82, 2.24) is 19.9 Å². The van der Waals surface area contributed by atoms with Crippen molar-refractivity contribution in [3.05, 3.63) is 73.5 Å². The largest absolute Gasteiger partial charge is 0.345 e. The molecule has 1 saturated carbocycles. The van der Waals surface area contributed by atoms with Crippen LogP contribution < -0.4 is 16.6 Å². The lowest BCUT2D eigenvalue weighted by Gasteiger charge is -2.16. The molecule has 27 heavy (non-hydrogen) atoms. The number of H-pyrrole nitrogens is 1. The zero-order chi connectivity index (χ0) is 19.1. The Balaban J connectivity index is 1.68. The second-order valence-electron chi connectivity index (χ2n) is 6.67. The third-order valence-electron chi connectivity index (χ3n) is 4.67. The van der Waals surface area contributed by atoms with Gasteiger partial charge in [0.15, 0.2) is 0 Å². The van der Waals surface area contributed by atoms with Gasteiger partial charge in [-0.05, 0) is 37.5 Å². The second kappa shape index (κ2) is 6.66. The van der Waals surface area contributed by atoms with Gasteiger partial charge in [0.05, 0.1) is 17.0 Å². The average Bonchev–Trinajstić information content (AvgIpc) is 3.46. The zero-order valence-corrected chi connectivity index (χ0v) is 15.3. The summed E-state index contributed by atoms with van der Waals surface area (Å²) < 4.78 is 1.49. The number of aromatic amines is 1. The Morgan fingerprint density at radius 2 is 2.07 bits per heavy atom. The van der Waals surface area contributed by atoms with Gasteiger partial charge >= 0.3 is 5.69 Å². The first-order valence-corrected chi connectivity index (χ1v) is 9.03. The third kappa shape index (κ3) is 3.26. The Kier molecular flexibility index (Phi) is 4.31. The van der Waals surface area contributed by atoms with E-state index in [1.165, 1.54) is 16.8 Å². The minimum atomic E-state index is -0.548. The van der Waals surface area contributed by atoms with Crippen molar-refractivity contribution in [3.8, 4) is 0 Å². The number of halogens is 1. The van der Waals surface area contributed by atoms with Gasteiger partial charge in [-0.3, -0.25) is 19.1 Å². The van der Waals surface area contributed by atoms with Crippen LogP contribution in [0.15, 0.2) is 46.1 Å². The van der Waals surface area contributed by atoms with E-state index in [0.29, 0.717) is 10.7 Å². The number of rotatable bonds is 4. The standard InChI is InChI=1S/C19H17ClN4O3/c1-10(13-4-2-3-5-15(13)20)22-17(25)11-8-14-16(21-9-11)24(12-6-7-12)19(27)23-18(14)26/h2-5,8-10,12H,6-7H2,1H3,(H,22,25)(H,23,26,27). The molecule has 0 bridgehead atoms. The van der Waals surface area contributed by atoms with Gasteiger partial charge < -0.3 is 5.32 Å². The fourth-order valence-corrected chi connectivity index (χ4v) is 3.42.